The number of nitrogens with zero attached hydrogens (tertiary/aromatic N) is 2. The maximum atomic E-state index is 13.0. The Morgan fingerprint density at radius 1 is 1.37 bits per heavy atom. The second kappa shape index (κ2) is 5.90. The first-order valence-corrected chi connectivity index (χ1v) is 5.62. The first-order chi connectivity index (χ1) is 9.16. The minimum atomic E-state index is -0.598. The molecule has 0 saturated carbocycles. The van der Waals surface area contributed by atoms with Gasteiger partial charge in [-0.1, -0.05) is 6.07 Å². The lowest BCUT2D eigenvalue weighted by Gasteiger charge is -2.06. The van der Waals surface area contributed by atoms with E-state index < -0.39 is 10.7 Å². The molecule has 2 rings (SSSR count). The maximum Gasteiger partial charge on any atom is 0.311 e. The molecule has 0 unspecified atom stereocenters. The van der Waals surface area contributed by atoms with E-state index in [1.165, 1.54) is 0 Å². The summed E-state index contributed by atoms with van der Waals surface area (Å²) in [5.41, 5.74) is 0.703. The van der Waals surface area contributed by atoms with E-state index in [1.807, 2.05) is 6.07 Å². The van der Waals surface area contributed by atoms with E-state index in [0.29, 0.717) is 6.42 Å². The molecule has 1 heterocycles. The first-order valence-electron chi connectivity index (χ1n) is 5.62. The highest BCUT2D eigenvalue weighted by Crippen LogP contribution is 2.27. The third-order valence-electron chi connectivity index (χ3n) is 2.49. The molecule has 6 heteroatoms. The second-order valence-electron chi connectivity index (χ2n) is 3.83. The molecule has 1 aromatic carbocycles. The fourth-order valence-corrected chi connectivity index (χ4v) is 1.58. The number of nitro groups is 1. The van der Waals surface area contributed by atoms with Crippen molar-refractivity contribution < 1.29 is 14.1 Å². The van der Waals surface area contributed by atoms with E-state index in [1.54, 1.807) is 18.5 Å². The maximum absolute atomic E-state index is 13.0. The van der Waals surface area contributed by atoms with Crippen LogP contribution in [0.5, 0.6) is 5.75 Å². The van der Waals surface area contributed by atoms with Crippen LogP contribution >= 0.6 is 0 Å². The third-order valence-corrected chi connectivity index (χ3v) is 2.49. The van der Waals surface area contributed by atoms with Crippen LogP contribution in [0.15, 0.2) is 42.7 Å². The Morgan fingerprint density at radius 3 is 2.89 bits per heavy atom. The van der Waals surface area contributed by atoms with Crippen molar-refractivity contribution in [3.05, 3.63) is 64.2 Å². The number of rotatable bonds is 5. The highest BCUT2D eigenvalue weighted by molar-refractivity contribution is 5.46. The van der Waals surface area contributed by atoms with Gasteiger partial charge in [0.1, 0.15) is 5.82 Å². The number of hydrogen-bond donors (Lipinski definition) is 0. The Bertz CT molecular complexity index is 575. The summed E-state index contributed by atoms with van der Waals surface area (Å²) in [6.45, 7) is 0.218. The van der Waals surface area contributed by atoms with Crippen molar-refractivity contribution in [3.8, 4) is 5.75 Å². The summed E-state index contributed by atoms with van der Waals surface area (Å²) in [5.74, 6) is -0.629. The smallest absolute Gasteiger partial charge is 0.311 e. The number of ether oxygens (including phenoxy) is 1. The zero-order chi connectivity index (χ0) is 13.7. The SMILES string of the molecule is O=[N+]([O-])c1ccc(F)cc1OCCc1cccnc1. The van der Waals surface area contributed by atoms with Crippen LogP contribution in [0.2, 0.25) is 0 Å². The van der Waals surface area contributed by atoms with Crippen molar-refractivity contribution in [2.45, 2.75) is 6.42 Å². The van der Waals surface area contributed by atoms with Crippen LogP contribution in [0.25, 0.3) is 0 Å². The molecular formula is C13H11FN2O3. The molecule has 0 saturated heterocycles. The standard InChI is InChI=1S/C13H11FN2O3/c14-11-3-4-12(16(17)18)13(8-11)19-7-5-10-2-1-6-15-9-10/h1-4,6,8-9H,5,7H2. The van der Waals surface area contributed by atoms with Crippen molar-refractivity contribution in [3.63, 3.8) is 0 Å². The molecule has 0 fully saturated rings. The van der Waals surface area contributed by atoms with Crippen LogP contribution in [0.3, 0.4) is 0 Å². The predicted octanol–water partition coefficient (Wildman–Crippen LogP) is 2.75. The first kappa shape index (κ1) is 12.9. The van der Waals surface area contributed by atoms with Gasteiger partial charge in [-0.25, -0.2) is 4.39 Å². The fraction of sp³-hybridized carbons (Fsp3) is 0.154. The summed E-state index contributed by atoms with van der Waals surface area (Å²) in [6, 6.07) is 6.80. The summed E-state index contributed by atoms with van der Waals surface area (Å²) in [4.78, 5) is 14.1. The molecule has 19 heavy (non-hydrogen) atoms. The van der Waals surface area contributed by atoms with Crippen LogP contribution in [0, 0.1) is 15.9 Å². The van der Waals surface area contributed by atoms with E-state index >= 15 is 0 Å². The number of halogens is 1. The molecule has 0 amide bonds. The normalized spacial score (nSPS) is 10.2. The van der Waals surface area contributed by atoms with Gasteiger partial charge in [0.25, 0.3) is 0 Å². The molecule has 0 aliphatic carbocycles. The largest absolute Gasteiger partial charge is 0.486 e. The van der Waals surface area contributed by atoms with Crippen LogP contribution in [-0.4, -0.2) is 16.5 Å². The minimum Gasteiger partial charge on any atom is -0.486 e. The molecular weight excluding hydrogens is 251 g/mol. The Morgan fingerprint density at radius 2 is 2.21 bits per heavy atom. The van der Waals surface area contributed by atoms with E-state index in [-0.39, 0.29) is 18.0 Å². The van der Waals surface area contributed by atoms with E-state index in [9.17, 15) is 14.5 Å². The van der Waals surface area contributed by atoms with Crippen LogP contribution < -0.4 is 4.74 Å². The highest BCUT2D eigenvalue weighted by Gasteiger charge is 2.15. The van der Waals surface area contributed by atoms with Gasteiger partial charge >= 0.3 is 5.69 Å². The summed E-state index contributed by atoms with van der Waals surface area (Å²) >= 11 is 0. The number of nitro benzene ring substituents is 1. The van der Waals surface area contributed by atoms with Crippen LogP contribution in [0.1, 0.15) is 5.56 Å². The molecule has 0 N–H and O–H groups in total. The molecule has 98 valence electrons. The summed E-state index contributed by atoms with van der Waals surface area (Å²) in [5, 5.41) is 10.8. The molecule has 1 aromatic heterocycles. The summed E-state index contributed by atoms with van der Waals surface area (Å²) in [7, 11) is 0. The average Bonchev–Trinajstić information content (AvgIpc) is 2.39. The zero-order valence-corrected chi connectivity index (χ0v) is 9.95. The van der Waals surface area contributed by atoms with Gasteiger partial charge in [0.05, 0.1) is 11.5 Å². The molecule has 5 nitrogen and oxygen atoms in total. The molecule has 0 bridgehead atoms. The highest BCUT2D eigenvalue weighted by atomic mass is 19.1. The van der Waals surface area contributed by atoms with Crippen LogP contribution in [-0.2, 0) is 6.42 Å². The monoisotopic (exact) mass is 262 g/mol. The van der Waals surface area contributed by atoms with Gasteiger partial charge in [-0.2, -0.15) is 0 Å². The zero-order valence-electron chi connectivity index (χ0n) is 9.95. The molecule has 0 atom stereocenters. The number of aromatic nitrogens is 1. The van der Waals surface area contributed by atoms with Gasteiger partial charge in [0.2, 0.25) is 0 Å². The average molecular weight is 262 g/mol. The van der Waals surface area contributed by atoms with Crippen LogP contribution in [0.4, 0.5) is 10.1 Å². The Balaban J connectivity index is 2.03. The lowest BCUT2D eigenvalue weighted by atomic mass is 10.2. The number of hydrogen-bond acceptors (Lipinski definition) is 4. The van der Waals surface area contributed by atoms with Crippen molar-refractivity contribution in [2.75, 3.05) is 6.61 Å². The van der Waals surface area contributed by atoms with E-state index in [2.05, 4.69) is 4.98 Å². The van der Waals surface area contributed by atoms with Gasteiger partial charge in [-0.05, 0) is 17.7 Å². The van der Waals surface area contributed by atoms with Gasteiger partial charge in [-0.15, -0.1) is 0 Å². The molecule has 0 spiro atoms. The predicted molar refractivity (Wildman–Crippen MR) is 66.5 cm³/mol. The molecule has 2 aromatic rings. The van der Waals surface area contributed by atoms with Gasteiger partial charge in [0.15, 0.2) is 5.75 Å². The fourth-order valence-electron chi connectivity index (χ4n) is 1.58. The molecule has 0 aliphatic rings. The van der Waals surface area contributed by atoms with Crippen molar-refractivity contribution in [1.29, 1.82) is 0 Å². The Kier molecular flexibility index (Phi) is 4.02. The summed E-state index contributed by atoms with van der Waals surface area (Å²) < 4.78 is 18.3. The number of pyridine rings is 1. The Labute approximate surface area is 108 Å². The topological polar surface area (TPSA) is 65.3 Å². The lowest BCUT2D eigenvalue weighted by Crippen LogP contribution is -2.04. The van der Waals surface area contributed by atoms with Gasteiger partial charge in [0, 0.05) is 30.9 Å². The minimum absolute atomic E-state index is 0.0612. The van der Waals surface area contributed by atoms with E-state index in [0.717, 1.165) is 23.8 Å². The lowest BCUT2D eigenvalue weighted by molar-refractivity contribution is -0.385. The van der Waals surface area contributed by atoms with E-state index in [4.69, 9.17) is 4.74 Å². The van der Waals surface area contributed by atoms with Crippen molar-refractivity contribution >= 4 is 5.69 Å². The summed E-state index contributed by atoms with van der Waals surface area (Å²) in [6.07, 6.45) is 3.88. The quantitative estimate of drug-likeness (QED) is 0.614. The van der Waals surface area contributed by atoms with Crippen molar-refractivity contribution in [2.24, 2.45) is 0 Å². The molecule has 0 radical (unpaired) electrons. The van der Waals surface area contributed by atoms with Gasteiger partial charge < -0.3 is 4.74 Å². The van der Waals surface area contributed by atoms with Gasteiger partial charge in [-0.3, -0.25) is 15.1 Å². The molecule has 0 aliphatic heterocycles. The third kappa shape index (κ3) is 3.48. The Hall–Kier alpha value is -2.50. The van der Waals surface area contributed by atoms with Crippen molar-refractivity contribution in [1.82, 2.24) is 4.98 Å². The second-order valence-corrected chi connectivity index (χ2v) is 3.83. The number of benzene rings is 1.